The van der Waals surface area contributed by atoms with Gasteiger partial charge in [-0.3, -0.25) is 9.69 Å². The van der Waals surface area contributed by atoms with Crippen molar-refractivity contribution in [1.82, 2.24) is 4.90 Å². The molecule has 178 valence electrons. The van der Waals surface area contributed by atoms with E-state index in [4.69, 9.17) is 0 Å². The molecule has 0 saturated carbocycles. The van der Waals surface area contributed by atoms with E-state index in [1.165, 1.54) is 29.5 Å². The molecule has 3 rings (SSSR count). The smallest absolute Gasteiger partial charge is 0.335 e. The number of carbonyl (C=O) groups is 2. The van der Waals surface area contributed by atoms with Crippen LogP contribution in [0.1, 0.15) is 78.6 Å². The van der Waals surface area contributed by atoms with Crippen LogP contribution in [0.25, 0.3) is 0 Å². The van der Waals surface area contributed by atoms with Gasteiger partial charge in [0.15, 0.2) is 0 Å². The molecule has 2 aromatic carbocycles. The van der Waals surface area contributed by atoms with Crippen molar-refractivity contribution in [1.29, 1.82) is 0 Å². The standard InChI is InChI=1S/C28H38N2O3/c1-20(2)27(31)30-15-9-7-5-6-8-14-29(18-24-11-10-21(3)16-22(24)4)19-25-17-23(28(32)33)12-13-26(25)30/h10-13,16-17,20H,5-9,14-15,18-19H2,1-4H3,(H,32,33). The van der Waals surface area contributed by atoms with E-state index in [0.29, 0.717) is 13.1 Å². The van der Waals surface area contributed by atoms with Gasteiger partial charge in [0.05, 0.1) is 5.56 Å². The number of rotatable bonds is 4. The Kier molecular flexibility index (Phi) is 8.67. The summed E-state index contributed by atoms with van der Waals surface area (Å²) in [6.07, 6.45) is 5.52. The van der Waals surface area contributed by atoms with Crippen LogP contribution in [0.4, 0.5) is 5.69 Å². The Bertz CT molecular complexity index is 983. The van der Waals surface area contributed by atoms with Crippen LogP contribution in [0.5, 0.6) is 0 Å². The Balaban J connectivity index is 2.02. The van der Waals surface area contributed by atoms with Gasteiger partial charge in [-0.1, -0.05) is 56.9 Å². The second kappa shape index (κ2) is 11.5. The summed E-state index contributed by atoms with van der Waals surface area (Å²) in [4.78, 5) is 29.2. The van der Waals surface area contributed by atoms with E-state index in [0.717, 1.165) is 43.6 Å². The number of benzene rings is 2. The van der Waals surface area contributed by atoms with E-state index >= 15 is 0 Å². The Hall–Kier alpha value is -2.66. The van der Waals surface area contributed by atoms with Crippen molar-refractivity contribution in [3.8, 4) is 0 Å². The molecule has 0 fully saturated rings. The third-order valence-electron chi connectivity index (χ3n) is 6.52. The molecule has 33 heavy (non-hydrogen) atoms. The minimum absolute atomic E-state index is 0.0947. The van der Waals surface area contributed by atoms with Crippen LogP contribution in [0.2, 0.25) is 0 Å². The number of hydrogen-bond donors (Lipinski definition) is 1. The van der Waals surface area contributed by atoms with Gasteiger partial charge in [-0.15, -0.1) is 0 Å². The predicted molar refractivity (Wildman–Crippen MR) is 134 cm³/mol. The van der Waals surface area contributed by atoms with Crippen molar-refractivity contribution >= 4 is 17.6 Å². The number of amides is 1. The maximum absolute atomic E-state index is 13.1. The predicted octanol–water partition coefficient (Wildman–Crippen LogP) is 5.96. The second-order valence-electron chi connectivity index (χ2n) is 9.70. The SMILES string of the molecule is Cc1ccc(CN2CCCCCCCN(C(=O)C(C)C)c3ccc(C(=O)O)cc3C2)c(C)c1. The summed E-state index contributed by atoms with van der Waals surface area (Å²) >= 11 is 0. The summed E-state index contributed by atoms with van der Waals surface area (Å²) in [5.41, 5.74) is 5.85. The van der Waals surface area contributed by atoms with E-state index in [9.17, 15) is 14.7 Å². The first kappa shape index (κ1) is 25.0. The molecule has 1 aliphatic rings. The van der Waals surface area contributed by atoms with Crippen molar-refractivity contribution in [2.24, 2.45) is 5.92 Å². The molecule has 0 bridgehead atoms. The normalized spacial score (nSPS) is 16.1. The molecule has 5 heteroatoms. The maximum atomic E-state index is 13.1. The Morgan fingerprint density at radius 1 is 0.939 bits per heavy atom. The first-order chi connectivity index (χ1) is 15.8. The zero-order valence-corrected chi connectivity index (χ0v) is 20.6. The molecule has 1 amide bonds. The van der Waals surface area contributed by atoms with Crippen LogP contribution in [-0.2, 0) is 17.9 Å². The van der Waals surface area contributed by atoms with Crippen LogP contribution < -0.4 is 4.90 Å². The zero-order valence-electron chi connectivity index (χ0n) is 20.6. The van der Waals surface area contributed by atoms with Crippen LogP contribution in [-0.4, -0.2) is 35.0 Å². The van der Waals surface area contributed by atoms with Crippen molar-refractivity contribution in [2.75, 3.05) is 18.0 Å². The number of fused-ring (bicyclic) bond motifs is 1. The maximum Gasteiger partial charge on any atom is 0.335 e. The molecule has 0 unspecified atom stereocenters. The van der Waals surface area contributed by atoms with Gasteiger partial charge in [0.1, 0.15) is 0 Å². The fourth-order valence-corrected chi connectivity index (χ4v) is 4.62. The van der Waals surface area contributed by atoms with E-state index in [-0.39, 0.29) is 17.4 Å². The molecular weight excluding hydrogens is 412 g/mol. The van der Waals surface area contributed by atoms with Crippen LogP contribution >= 0.6 is 0 Å². The highest BCUT2D eigenvalue weighted by Gasteiger charge is 2.23. The average Bonchev–Trinajstić information content (AvgIpc) is 2.76. The van der Waals surface area contributed by atoms with Crippen LogP contribution in [0.15, 0.2) is 36.4 Å². The van der Waals surface area contributed by atoms with Gasteiger partial charge >= 0.3 is 5.97 Å². The number of anilines is 1. The lowest BCUT2D eigenvalue weighted by Crippen LogP contribution is -2.37. The fraction of sp³-hybridized carbons (Fsp3) is 0.500. The number of nitrogens with zero attached hydrogens (tertiary/aromatic N) is 2. The summed E-state index contributed by atoms with van der Waals surface area (Å²) in [6.45, 7) is 11.2. The van der Waals surface area contributed by atoms with Gasteiger partial charge in [-0.25, -0.2) is 4.79 Å². The van der Waals surface area contributed by atoms with Gasteiger partial charge in [0.2, 0.25) is 5.91 Å². The van der Waals surface area contributed by atoms with Gasteiger partial charge in [-0.2, -0.15) is 0 Å². The third-order valence-corrected chi connectivity index (χ3v) is 6.52. The lowest BCUT2D eigenvalue weighted by Gasteiger charge is -2.31. The third kappa shape index (κ3) is 6.67. The topological polar surface area (TPSA) is 60.9 Å². The molecule has 0 atom stereocenters. The quantitative estimate of drug-likeness (QED) is 0.625. The summed E-state index contributed by atoms with van der Waals surface area (Å²) in [5.74, 6) is -0.958. The van der Waals surface area contributed by atoms with E-state index in [1.807, 2.05) is 24.8 Å². The number of hydrogen-bond acceptors (Lipinski definition) is 3. The lowest BCUT2D eigenvalue weighted by molar-refractivity contribution is -0.121. The van der Waals surface area contributed by atoms with Gasteiger partial charge in [0.25, 0.3) is 0 Å². The molecule has 1 aliphatic heterocycles. The highest BCUT2D eigenvalue weighted by atomic mass is 16.4. The summed E-state index contributed by atoms with van der Waals surface area (Å²) < 4.78 is 0. The lowest BCUT2D eigenvalue weighted by atomic mass is 10.0. The van der Waals surface area contributed by atoms with Gasteiger partial charge in [-0.05, 0) is 68.1 Å². The van der Waals surface area contributed by atoms with Crippen molar-refractivity contribution in [3.63, 3.8) is 0 Å². The Morgan fingerprint density at radius 2 is 1.64 bits per heavy atom. The molecule has 0 saturated heterocycles. The summed E-state index contributed by atoms with van der Waals surface area (Å²) in [7, 11) is 0. The monoisotopic (exact) mass is 450 g/mol. The van der Waals surface area contributed by atoms with Crippen LogP contribution in [0, 0.1) is 19.8 Å². The van der Waals surface area contributed by atoms with E-state index in [2.05, 4.69) is 36.9 Å². The van der Waals surface area contributed by atoms with Crippen molar-refractivity contribution < 1.29 is 14.7 Å². The minimum atomic E-state index is -0.938. The molecule has 1 N–H and O–H groups in total. The summed E-state index contributed by atoms with van der Waals surface area (Å²) in [6, 6.07) is 11.8. The number of carbonyl (C=O) groups excluding carboxylic acids is 1. The molecule has 1 heterocycles. The highest BCUT2D eigenvalue weighted by Crippen LogP contribution is 2.28. The molecule has 0 aromatic heterocycles. The van der Waals surface area contributed by atoms with Crippen molar-refractivity contribution in [2.45, 2.75) is 72.9 Å². The number of carboxylic acid groups (broad SMARTS) is 1. The molecule has 0 aliphatic carbocycles. The number of aromatic carboxylic acids is 1. The Morgan fingerprint density at radius 3 is 2.30 bits per heavy atom. The largest absolute Gasteiger partial charge is 0.478 e. The average molecular weight is 451 g/mol. The first-order valence-electron chi connectivity index (χ1n) is 12.2. The molecule has 0 radical (unpaired) electrons. The molecule has 2 aromatic rings. The zero-order chi connectivity index (χ0) is 24.0. The van der Waals surface area contributed by atoms with Crippen LogP contribution in [0.3, 0.4) is 0 Å². The van der Waals surface area contributed by atoms with E-state index in [1.54, 1.807) is 12.1 Å². The summed E-state index contributed by atoms with van der Waals surface area (Å²) in [5, 5.41) is 9.63. The van der Waals surface area contributed by atoms with Gasteiger partial charge in [0, 0.05) is 31.2 Å². The minimum Gasteiger partial charge on any atom is -0.478 e. The Labute approximate surface area is 198 Å². The number of carboxylic acids is 1. The molecule has 0 spiro atoms. The van der Waals surface area contributed by atoms with E-state index < -0.39 is 5.97 Å². The highest BCUT2D eigenvalue weighted by molar-refractivity contribution is 5.96. The molecular formula is C28H38N2O3. The van der Waals surface area contributed by atoms with Crippen molar-refractivity contribution in [3.05, 3.63) is 64.2 Å². The number of aryl methyl sites for hydroxylation is 2. The molecule has 5 nitrogen and oxygen atoms in total. The fourth-order valence-electron chi connectivity index (χ4n) is 4.62. The first-order valence-corrected chi connectivity index (χ1v) is 12.2. The van der Waals surface area contributed by atoms with Gasteiger partial charge < -0.3 is 10.0 Å². The second-order valence-corrected chi connectivity index (χ2v) is 9.70.